The quantitative estimate of drug-likeness (QED) is 0.420. The van der Waals surface area contributed by atoms with Crippen LogP contribution in [-0.4, -0.2) is 30.3 Å². The molecule has 27 heavy (non-hydrogen) atoms. The molecule has 1 aliphatic heterocycles. The Hall–Kier alpha value is -2.62. The minimum Gasteiger partial charge on any atom is -0.457 e. The van der Waals surface area contributed by atoms with E-state index in [1.54, 1.807) is 0 Å². The molecular weight excluding hydrogens is 336 g/mol. The number of piperidine rings is 1. The second kappa shape index (κ2) is 8.85. The summed E-state index contributed by atoms with van der Waals surface area (Å²) in [7, 11) is 0. The van der Waals surface area contributed by atoms with Crippen molar-refractivity contribution in [3.8, 4) is 0 Å². The lowest BCUT2D eigenvalue weighted by atomic mass is 10.0. The first-order valence-corrected chi connectivity index (χ1v) is 9.65. The molecule has 0 amide bonds. The Morgan fingerprint density at radius 2 is 1.78 bits per heavy atom. The summed E-state index contributed by atoms with van der Waals surface area (Å²) in [5, 5.41) is 0. The van der Waals surface area contributed by atoms with Gasteiger partial charge >= 0.3 is 5.97 Å². The first kappa shape index (κ1) is 19.2. The van der Waals surface area contributed by atoms with Crippen LogP contribution in [0.15, 0.2) is 41.4 Å². The van der Waals surface area contributed by atoms with Crippen molar-refractivity contribution in [1.29, 1.82) is 0 Å². The number of hydrogen-bond donors (Lipinski definition) is 0. The van der Waals surface area contributed by atoms with E-state index in [1.807, 2.05) is 63.5 Å². The van der Waals surface area contributed by atoms with Crippen LogP contribution in [0.4, 0.5) is 5.69 Å². The number of nitrogens with zero attached hydrogens (tertiary/aromatic N) is 2. The van der Waals surface area contributed by atoms with Gasteiger partial charge in [-0.1, -0.05) is 24.3 Å². The van der Waals surface area contributed by atoms with Crippen LogP contribution in [0, 0.1) is 20.8 Å². The summed E-state index contributed by atoms with van der Waals surface area (Å²) in [4.78, 5) is 19.5. The number of benzene rings is 2. The van der Waals surface area contributed by atoms with Gasteiger partial charge in [0.25, 0.3) is 0 Å². The first-order chi connectivity index (χ1) is 13.0. The van der Waals surface area contributed by atoms with Gasteiger partial charge in [0.05, 0.1) is 17.6 Å². The van der Waals surface area contributed by atoms with E-state index < -0.39 is 0 Å². The molecular formula is C23H28N2O2. The zero-order valence-corrected chi connectivity index (χ0v) is 16.5. The molecule has 0 atom stereocenters. The second-order valence-corrected chi connectivity index (χ2v) is 7.30. The molecule has 0 saturated carbocycles. The number of carbonyl (C=O) groups excluding carboxylic acids is 1. The van der Waals surface area contributed by atoms with Gasteiger partial charge in [-0.15, -0.1) is 0 Å². The number of ether oxygens (including phenoxy) is 1. The van der Waals surface area contributed by atoms with Crippen LogP contribution in [-0.2, 0) is 11.3 Å². The lowest BCUT2D eigenvalue weighted by Crippen LogP contribution is -2.28. The summed E-state index contributed by atoms with van der Waals surface area (Å²) in [6, 6.07) is 11.8. The van der Waals surface area contributed by atoms with E-state index in [2.05, 4.69) is 9.89 Å². The van der Waals surface area contributed by atoms with Crippen LogP contribution in [0.1, 0.15) is 51.9 Å². The highest BCUT2D eigenvalue weighted by molar-refractivity contribution is 5.92. The molecule has 0 unspecified atom stereocenters. The number of aliphatic imine (C=N–C) groups is 1. The van der Waals surface area contributed by atoms with Gasteiger partial charge in [0.15, 0.2) is 0 Å². The van der Waals surface area contributed by atoms with Gasteiger partial charge < -0.3 is 9.64 Å². The molecule has 0 spiro atoms. The van der Waals surface area contributed by atoms with Crippen LogP contribution in [0.5, 0.6) is 0 Å². The second-order valence-electron chi connectivity index (χ2n) is 7.30. The molecule has 1 aliphatic rings. The standard InChI is InChI=1S/C23H28N2O2/c1-17-9-5-6-10-20(17)15-27-23(26)21-13-19(3)22(14-18(21)2)24-16-25-11-7-4-8-12-25/h5-6,9-10,13-14,16H,4,7-8,11-12,15H2,1-3H3. The molecule has 1 saturated heterocycles. The highest BCUT2D eigenvalue weighted by atomic mass is 16.5. The Bertz CT molecular complexity index is 836. The predicted octanol–water partition coefficient (Wildman–Crippen LogP) is 5.11. The monoisotopic (exact) mass is 364 g/mol. The van der Waals surface area contributed by atoms with E-state index >= 15 is 0 Å². The first-order valence-electron chi connectivity index (χ1n) is 9.65. The van der Waals surface area contributed by atoms with E-state index in [0.29, 0.717) is 12.2 Å². The van der Waals surface area contributed by atoms with Crippen molar-refractivity contribution in [3.63, 3.8) is 0 Å². The lowest BCUT2D eigenvalue weighted by molar-refractivity contribution is 0.0471. The van der Waals surface area contributed by atoms with E-state index in [1.165, 1.54) is 19.3 Å². The van der Waals surface area contributed by atoms with Gasteiger partial charge in [-0.05, 0) is 74.4 Å². The number of likely N-dealkylation sites (tertiary alicyclic amines) is 1. The highest BCUT2D eigenvalue weighted by Crippen LogP contribution is 2.24. The third-order valence-corrected chi connectivity index (χ3v) is 5.13. The molecule has 0 N–H and O–H groups in total. The van der Waals surface area contributed by atoms with E-state index in [4.69, 9.17) is 4.74 Å². The zero-order chi connectivity index (χ0) is 19.2. The van der Waals surface area contributed by atoms with Gasteiger partial charge in [0.1, 0.15) is 6.61 Å². The SMILES string of the molecule is Cc1ccccc1COC(=O)c1cc(C)c(N=CN2CCCCC2)cc1C. The number of rotatable bonds is 5. The average Bonchev–Trinajstić information content (AvgIpc) is 2.68. The van der Waals surface area contributed by atoms with Crippen molar-refractivity contribution in [2.24, 2.45) is 4.99 Å². The minimum atomic E-state index is -0.287. The molecule has 1 fully saturated rings. The topological polar surface area (TPSA) is 41.9 Å². The van der Waals surface area contributed by atoms with Crippen LogP contribution in [0.2, 0.25) is 0 Å². The Balaban J connectivity index is 1.69. The van der Waals surface area contributed by atoms with Crippen molar-refractivity contribution in [2.75, 3.05) is 13.1 Å². The third kappa shape index (κ3) is 4.97. The number of carbonyl (C=O) groups is 1. The fourth-order valence-corrected chi connectivity index (χ4v) is 3.33. The van der Waals surface area contributed by atoms with Crippen molar-refractivity contribution in [1.82, 2.24) is 4.90 Å². The van der Waals surface area contributed by atoms with E-state index in [9.17, 15) is 4.79 Å². The van der Waals surface area contributed by atoms with Gasteiger partial charge in [-0.25, -0.2) is 9.79 Å². The minimum absolute atomic E-state index is 0.287. The van der Waals surface area contributed by atoms with E-state index in [-0.39, 0.29) is 5.97 Å². The number of esters is 1. The fraction of sp³-hybridized carbons (Fsp3) is 0.391. The molecule has 1 heterocycles. The van der Waals surface area contributed by atoms with Crippen LogP contribution in [0.3, 0.4) is 0 Å². The van der Waals surface area contributed by atoms with Gasteiger partial charge in [0, 0.05) is 13.1 Å². The molecule has 3 rings (SSSR count). The van der Waals surface area contributed by atoms with Crippen molar-refractivity contribution in [2.45, 2.75) is 46.6 Å². The summed E-state index contributed by atoms with van der Waals surface area (Å²) >= 11 is 0. The third-order valence-electron chi connectivity index (χ3n) is 5.13. The molecule has 0 bridgehead atoms. The Morgan fingerprint density at radius 1 is 1.04 bits per heavy atom. The van der Waals surface area contributed by atoms with Gasteiger partial charge in [-0.3, -0.25) is 0 Å². The molecule has 0 radical (unpaired) electrons. The summed E-state index contributed by atoms with van der Waals surface area (Å²) in [5.74, 6) is -0.287. The molecule has 2 aromatic rings. The Kier molecular flexibility index (Phi) is 6.28. The maximum Gasteiger partial charge on any atom is 0.338 e. The van der Waals surface area contributed by atoms with Crippen LogP contribution < -0.4 is 0 Å². The lowest BCUT2D eigenvalue weighted by Gasteiger charge is -2.23. The summed E-state index contributed by atoms with van der Waals surface area (Å²) in [6.07, 6.45) is 5.71. The predicted molar refractivity (Wildman–Crippen MR) is 110 cm³/mol. The molecule has 2 aromatic carbocycles. The van der Waals surface area contributed by atoms with Gasteiger partial charge in [0.2, 0.25) is 0 Å². The fourth-order valence-electron chi connectivity index (χ4n) is 3.33. The largest absolute Gasteiger partial charge is 0.457 e. The smallest absolute Gasteiger partial charge is 0.338 e. The molecule has 142 valence electrons. The number of hydrogen-bond acceptors (Lipinski definition) is 3. The van der Waals surface area contributed by atoms with Crippen molar-refractivity contribution < 1.29 is 9.53 Å². The van der Waals surface area contributed by atoms with Crippen molar-refractivity contribution >= 4 is 18.0 Å². The van der Waals surface area contributed by atoms with Crippen LogP contribution >= 0.6 is 0 Å². The molecule has 0 aromatic heterocycles. The molecule has 4 heteroatoms. The Labute approximate surface area is 161 Å². The molecule has 4 nitrogen and oxygen atoms in total. The average molecular weight is 364 g/mol. The van der Waals surface area contributed by atoms with Crippen molar-refractivity contribution in [3.05, 3.63) is 64.2 Å². The zero-order valence-electron chi connectivity index (χ0n) is 16.5. The highest BCUT2D eigenvalue weighted by Gasteiger charge is 2.14. The summed E-state index contributed by atoms with van der Waals surface area (Å²) in [5.41, 5.74) is 5.55. The maximum absolute atomic E-state index is 12.5. The van der Waals surface area contributed by atoms with E-state index in [0.717, 1.165) is 41.0 Å². The molecule has 0 aliphatic carbocycles. The summed E-state index contributed by atoms with van der Waals surface area (Å²) < 4.78 is 5.54. The summed E-state index contributed by atoms with van der Waals surface area (Å²) in [6.45, 7) is 8.38. The Morgan fingerprint density at radius 3 is 2.52 bits per heavy atom. The van der Waals surface area contributed by atoms with Gasteiger partial charge in [-0.2, -0.15) is 0 Å². The van der Waals surface area contributed by atoms with Crippen LogP contribution in [0.25, 0.3) is 0 Å². The maximum atomic E-state index is 12.5. The number of aryl methyl sites for hydroxylation is 3. The normalized spacial score (nSPS) is 14.6.